The molecule has 1 aliphatic rings. The first kappa shape index (κ1) is 17.3. The molecule has 132 valence electrons. The van der Waals surface area contributed by atoms with Gasteiger partial charge in [0.1, 0.15) is 0 Å². The van der Waals surface area contributed by atoms with Crippen LogP contribution in [0.15, 0.2) is 18.2 Å². The van der Waals surface area contributed by atoms with E-state index in [1.54, 1.807) is 4.90 Å². The lowest BCUT2D eigenvalue weighted by Gasteiger charge is -2.30. The van der Waals surface area contributed by atoms with Gasteiger partial charge >= 0.3 is 0 Å². The monoisotopic (exact) mass is 340 g/mol. The zero-order valence-electron chi connectivity index (χ0n) is 14.8. The Balaban J connectivity index is 1.84. The molecule has 2 N–H and O–H groups in total. The number of carbonyl (C=O) groups excluding carboxylic acids is 2. The Kier molecular flexibility index (Phi) is 4.97. The summed E-state index contributed by atoms with van der Waals surface area (Å²) in [6.45, 7) is 5.26. The maximum atomic E-state index is 12.8. The number of benzene rings is 1. The van der Waals surface area contributed by atoms with Crippen molar-refractivity contribution in [1.82, 2.24) is 14.9 Å². The van der Waals surface area contributed by atoms with E-state index in [-0.39, 0.29) is 17.7 Å². The van der Waals surface area contributed by atoms with Gasteiger partial charge in [0.2, 0.25) is 5.91 Å². The van der Waals surface area contributed by atoms with E-state index in [9.17, 15) is 9.59 Å². The Morgan fingerprint density at radius 3 is 2.24 bits per heavy atom. The fourth-order valence-electron chi connectivity index (χ4n) is 3.38. The van der Waals surface area contributed by atoms with Gasteiger partial charge in [-0.1, -0.05) is 13.8 Å². The van der Waals surface area contributed by atoms with Crippen molar-refractivity contribution in [3.63, 3.8) is 0 Å². The molecule has 0 atom stereocenters. The molecular weight excluding hydrogens is 316 g/mol. The lowest BCUT2D eigenvalue weighted by molar-refractivity contribution is -0.123. The number of piperidine rings is 1. The smallest absolute Gasteiger partial charge is 0.253 e. The third-order valence-electron chi connectivity index (χ3n) is 4.92. The summed E-state index contributed by atoms with van der Waals surface area (Å²) in [5.74, 6) is -0.415. The first-order chi connectivity index (χ1) is 12.0. The minimum Gasteiger partial charge on any atom is -0.369 e. The first-order valence-electron chi connectivity index (χ1n) is 8.91. The fraction of sp³-hybridized carbons (Fsp3) is 0.474. The van der Waals surface area contributed by atoms with Gasteiger partial charge in [-0.15, -0.1) is 0 Å². The summed E-state index contributed by atoms with van der Waals surface area (Å²) >= 11 is 0. The van der Waals surface area contributed by atoms with Gasteiger partial charge in [0.05, 0.1) is 22.4 Å². The maximum absolute atomic E-state index is 12.8. The number of hydrogen-bond donors (Lipinski definition) is 1. The van der Waals surface area contributed by atoms with Crippen LogP contribution in [0.5, 0.6) is 0 Å². The molecule has 6 nitrogen and oxygen atoms in total. The Morgan fingerprint density at radius 1 is 1.08 bits per heavy atom. The van der Waals surface area contributed by atoms with Gasteiger partial charge in [0, 0.05) is 24.6 Å². The third kappa shape index (κ3) is 3.48. The molecular formula is C19H24N4O2. The SMILES string of the molecule is CCc1nc2ccc(C(=O)N3CCC(C(N)=O)CC3)cc2nc1CC. The van der Waals surface area contributed by atoms with E-state index in [0.29, 0.717) is 31.5 Å². The molecule has 0 saturated carbocycles. The zero-order valence-corrected chi connectivity index (χ0v) is 14.8. The zero-order chi connectivity index (χ0) is 18.0. The number of likely N-dealkylation sites (tertiary alicyclic amines) is 1. The molecule has 0 aliphatic carbocycles. The average molecular weight is 340 g/mol. The number of aryl methyl sites for hydroxylation is 2. The number of fused-ring (bicyclic) bond motifs is 1. The van der Waals surface area contributed by atoms with E-state index < -0.39 is 0 Å². The molecule has 1 aromatic heterocycles. The Hall–Kier alpha value is -2.50. The van der Waals surface area contributed by atoms with Crippen LogP contribution in [0, 0.1) is 5.92 Å². The highest BCUT2D eigenvalue weighted by molar-refractivity contribution is 5.97. The highest BCUT2D eigenvalue weighted by Crippen LogP contribution is 2.21. The summed E-state index contributed by atoms with van der Waals surface area (Å²) in [5.41, 5.74) is 9.55. The van der Waals surface area contributed by atoms with Gasteiger partial charge in [0.25, 0.3) is 5.91 Å². The van der Waals surface area contributed by atoms with Gasteiger partial charge in [-0.3, -0.25) is 9.59 Å². The van der Waals surface area contributed by atoms with Crippen molar-refractivity contribution in [1.29, 1.82) is 0 Å². The Morgan fingerprint density at radius 2 is 1.68 bits per heavy atom. The molecule has 0 bridgehead atoms. The second kappa shape index (κ2) is 7.17. The molecule has 1 fully saturated rings. The highest BCUT2D eigenvalue weighted by atomic mass is 16.2. The molecule has 3 rings (SSSR count). The van der Waals surface area contributed by atoms with E-state index in [4.69, 9.17) is 10.7 Å². The minimum absolute atomic E-state index is 0.0239. The lowest BCUT2D eigenvalue weighted by atomic mass is 9.96. The molecule has 0 unspecified atom stereocenters. The second-order valence-electron chi connectivity index (χ2n) is 6.50. The van der Waals surface area contributed by atoms with Crippen molar-refractivity contribution < 1.29 is 9.59 Å². The van der Waals surface area contributed by atoms with Crippen LogP contribution in [0.1, 0.15) is 48.4 Å². The van der Waals surface area contributed by atoms with Crippen molar-refractivity contribution in [2.45, 2.75) is 39.5 Å². The van der Waals surface area contributed by atoms with E-state index in [1.807, 2.05) is 18.2 Å². The standard InChI is InChI=1S/C19H24N4O2/c1-3-14-15(4-2)22-17-11-13(5-6-16(17)21-14)19(25)23-9-7-12(8-10-23)18(20)24/h5-6,11-12H,3-4,7-10H2,1-2H3,(H2,20,24). The number of hydrogen-bond acceptors (Lipinski definition) is 4. The summed E-state index contributed by atoms with van der Waals surface area (Å²) in [7, 11) is 0. The van der Waals surface area contributed by atoms with Crippen LogP contribution >= 0.6 is 0 Å². The van der Waals surface area contributed by atoms with Gasteiger partial charge in [-0.25, -0.2) is 9.97 Å². The normalized spacial score (nSPS) is 15.5. The molecule has 6 heteroatoms. The molecule has 2 heterocycles. The summed E-state index contributed by atoms with van der Waals surface area (Å²) in [4.78, 5) is 35.2. The maximum Gasteiger partial charge on any atom is 0.253 e. The van der Waals surface area contributed by atoms with Crippen LogP contribution in [0.2, 0.25) is 0 Å². The molecule has 25 heavy (non-hydrogen) atoms. The fourth-order valence-corrected chi connectivity index (χ4v) is 3.38. The van der Waals surface area contributed by atoms with Crippen LogP contribution in [0.3, 0.4) is 0 Å². The van der Waals surface area contributed by atoms with Crippen LogP contribution in [0.4, 0.5) is 0 Å². The van der Waals surface area contributed by atoms with Crippen molar-refractivity contribution in [3.05, 3.63) is 35.2 Å². The van der Waals surface area contributed by atoms with Crippen LogP contribution < -0.4 is 5.73 Å². The van der Waals surface area contributed by atoms with Crippen molar-refractivity contribution in [2.24, 2.45) is 11.7 Å². The quantitative estimate of drug-likeness (QED) is 0.923. The second-order valence-corrected chi connectivity index (χ2v) is 6.50. The van der Waals surface area contributed by atoms with Gasteiger partial charge in [-0.2, -0.15) is 0 Å². The number of nitrogens with zero attached hydrogens (tertiary/aromatic N) is 3. The minimum atomic E-state index is -0.271. The van der Waals surface area contributed by atoms with Crippen LogP contribution in [-0.4, -0.2) is 39.8 Å². The van der Waals surface area contributed by atoms with E-state index in [2.05, 4.69) is 18.8 Å². The number of carbonyl (C=O) groups is 2. The largest absolute Gasteiger partial charge is 0.369 e. The van der Waals surface area contributed by atoms with Crippen molar-refractivity contribution in [2.75, 3.05) is 13.1 Å². The lowest BCUT2D eigenvalue weighted by Crippen LogP contribution is -2.41. The summed E-state index contributed by atoms with van der Waals surface area (Å²) < 4.78 is 0. The summed E-state index contributed by atoms with van der Waals surface area (Å²) in [6.07, 6.45) is 2.94. The topological polar surface area (TPSA) is 89.2 Å². The third-order valence-corrected chi connectivity index (χ3v) is 4.92. The molecule has 0 spiro atoms. The number of amides is 2. The van der Waals surface area contributed by atoms with Gasteiger partial charge < -0.3 is 10.6 Å². The average Bonchev–Trinajstić information content (AvgIpc) is 2.65. The highest BCUT2D eigenvalue weighted by Gasteiger charge is 2.26. The van der Waals surface area contributed by atoms with Crippen LogP contribution in [0.25, 0.3) is 11.0 Å². The number of aromatic nitrogens is 2. The molecule has 0 radical (unpaired) electrons. The number of nitrogens with two attached hydrogens (primary N) is 1. The predicted octanol–water partition coefficient (Wildman–Crippen LogP) is 2.09. The summed E-state index contributed by atoms with van der Waals surface area (Å²) in [5, 5.41) is 0. The van der Waals surface area contributed by atoms with Crippen molar-refractivity contribution >= 4 is 22.8 Å². The van der Waals surface area contributed by atoms with E-state index in [1.165, 1.54) is 0 Å². The molecule has 1 saturated heterocycles. The Labute approximate surface area is 147 Å². The summed E-state index contributed by atoms with van der Waals surface area (Å²) in [6, 6.07) is 5.50. The van der Waals surface area contributed by atoms with E-state index >= 15 is 0 Å². The van der Waals surface area contributed by atoms with E-state index in [0.717, 1.165) is 35.3 Å². The Bertz CT molecular complexity index is 810. The van der Waals surface area contributed by atoms with Gasteiger partial charge in [-0.05, 0) is 43.9 Å². The predicted molar refractivity (Wildman–Crippen MR) is 96.1 cm³/mol. The number of primary amides is 1. The molecule has 1 aliphatic heterocycles. The first-order valence-corrected chi connectivity index (χ1v) is 8.91. The molecule has 2 amide bonds. The molecule has 2 aromatic rings. The van der Waals surface area contributed by atoms with Crippen LogP contribution in [-0.2, 0) is 17.6 Å². The molecule has 1 aromatic carbocycles. The number of rotatable bonds is 4. The van der Waals surface area contributed by atoms with Gasteiger partial charge in [0.15, 0.2) is 0 Å². The van der Waals surface area contributed by atoms with Crippen molar-refractivity contribution in [3.8, 4) is 0 Å².